The summed E-state index contributed by atoms with van der Waals surface area (Å²) in [5.74, 6) is 5.53. The largest absolute Gasteiger partial charge is 0.416 e. The summed E-state index contributed by atoms with van der Waals surface area (Å²) in [5.41, 5.74) is 1.58. The first-order valence-corrected chi connectivity index (χ1v) is 8.52. The number of hydrogen-bond donors (Lipinski definition) is 4. The van der Waals surface area contributed by atoms with Crippen LogP contribution in [0.5, 0.6) is 0 Å². The van der Waals surface area contributed by atoms with E-state index in [2.05, 4.69) is 22.5 Å². The predicted molar refractivity (Wildman–Crippen MR) is 98.0 cm³/mol. The summed E-state index contributed by atoms with van der Waals surface area (Å²) < 4.78 is 37.4. The van der Waals surface area contributed by atoms with Gasteiger partial charge < -0.3 is 10.6 Å². The molecule has 2 aromatic carbocycles. The number of nitrogens with one attached hydrogen (secondary N) is 3. The summed E-state index contributed by atoms with van der Waals surface area (Å²) in [6.45, 7) is 0.0237. The monoisotopic (exact) mass is 409 g/mol. The molecule has 6 nitrogen and oxygen atoms in total. The summed E-state index contributed by atoms with van der Waals surface area (Å²) in [6.07, 6.45) is -4.43. The first-order valence-electron chi connectivity index (χ1n) is 7.71. The molecular formula is C18H14F3N3O3S. The highest BCUT2D eigenvalue weighted by atomic mass is 32.2. The van der Waals surface area contributed by atoms with Crippen molar-refractivity contribution in [2.24, 2.45) is 0 Å². The van der Waals surface area contributed by atoms with Gasteiger partial charge in [0.2, 0.25) is 0 Å². The number of carbonyl (C=O) groups is 2. The molecule has 2 aromatic rings. The lowest BCUT2D eigenvalue weighted by atomic mass is 10.2. The van der Waals surface area contributed by atoms with E-state index < -0.39 is 23.0 Å². The van der Waals surface area contributed by atoms with Crippen LogP contribution in [0.15, 0.2) is 53.4 Å². The van der Waals surface area contributed by atoms with E-state index in [1.165, 1.54) is 5.48 Å². The Bertz CT molecular complexity index is 889. The molecule has 0 saturated carbocycles. The third-order valence-corrected chi connectivity index (χ3v) is 3.98. The predicted octanol–water partition coefficient (Wildman–Crippen LogP) is 4.07. The first-order chi connectivity index (χ1) is 13.3. The number of hydrogen-bond acceptors (Lipinski definition) is 4. The van der Waals surface area contributed by atoms with Crippen LogP contribution in [0, 0.1) is 11.8 Å². The molecule has 0 saturated heterocycles. The maximum absolute atomic E-state index is 12.5. The third kappa shape index (κ3) is 6.86. The summed E-state index contributed by atoms with van der Waals surface area (Å²) in [4.78, 5) is 23.3. The van der Waals surface area contributed by atoms with Gasteiger partial charge in [-0.3, -0.25) is 10.0 Å². The summed E-state index contributed by atoms with van der Waals surface area (Å²) >= 11 is 0.812. The minimum atomic E-state index is -4.43. The fourth-order valence-corrected chi connectivity index (χ4v) is 2.46. The summed E-state index contributed by atoms with van der Waals surface area (Å²) in [7, 11) is 0. The third-order valence-electron chi connectivity index (χ3n) is 3.20. The fourth-order valence-electron chi connectivity index (χ4n) is 1.92. The van der Waals surface area contributed by atoms with Crippen LogP contribution in [0.3, 0.4) is 0 Å². The summed E-state index contributed by atoms with van der Waals surface area (Å²) in [6, 6.07) is 10.1. The minimum absolute atomic E-state index is 0.0237. The van der Waals surface area contributed by atoms with Crippen molar-refractivity contribution in [1.29, 1.82) is 0 Å². The van der Waals surface area contributed by atoms with Gasteiger partial charge in [-0.2, -0.15) is 13.2 Å². The van der Waals surface area contributed by atoms with E-state index in [4.69, 9.17) is 5.21 Å². The molecule has 28 heavy (non-hydrogen) atoms. The normalized spacial score (nSPS) is 10.4. The molecule has 0 atom stereocenters. The Morgan fingerprint density at radius 2 is 1.68 bits per heavy atom. The number of hydroxylamine groups is 1. The Labute approximate surface area is 162 Å². The number of anilines is 1. The summed E-state index contributed by atoms with van der Waals surface area (Å²) in [5, 5.41) is 12.7. The van der Waals surface area contributed by atoms with E-state index >= 15 is 0 Å². The first kappa shape index (κ1) is 21.1. The lowest BCUT2D eigenvalue weighted by molar-refractivity contribution is -0.137. The van der Waals surface area contributed by atoms with Gasteiger partial charge in [0, 0.05) is 16.1 Å². The van der Waals surface area contributed by atoms with E-state index in [-0.39, 0.29) is 12.2 Å². The van der Waals surface area contributed by atoms with Crippen molar-refractivity contribution >= 4 is 28.7 Å². The number of amides is 3. The molecule has 0 unspecified atom stereocenters. The molecule has 0 aliphatic heterocycles. The van der Waals surface area contributed by atoms with Gasteiger partial charge in [-0.15, -0.1) is 0 Å². The highest BCUT2D eigenvalue weighted by Gasteiger charge is 2.29. The highest BCUT2D eigenvalue weighted by molar-refractivity contribution is 8.13. The Morgan fingerprint density at radius 1 is 1.04 bits per heavy atom. The van der Waals surface area contributed by atoms with Crippen molar-refractivity contribution in [2.45, 2.75) is 11.1 Å². The molecule has 4 N–H and O–H groups in total. The fraction of sp³-hybridized carbons (Fsp3) is 0.111. The smallest absolute Gasteiger partial charge is 0.327 e. The molecule has 0 aliphatic rings. The SMILES string of the molecule is O=C(NCC#Cc1ccc(SC(=O)NO)cc1)Nc1ccc(C(F)(F)F)cc1. The number of halogens is 3. The average molecular weight is 409 g/mol. The number of alkyl halides is 3. The van der Waals surface area contributed by atoms with Crippen LogP contribution >= 0.6 is 11.8 Å². The van der Waals surface area contributed by atoms with Crippen LogP contribution in [0.1, 0.15) is 11.1 Å². The quantitative estimate of drug-likeness (QED) is 0.266. The Morgan fingerprint density at radius 3 is 2.25 bits per heavy atom. The van der Waals surface area contributed by atoms with Crippen molar-refractivity contribution in [2.75, 3.05) is 11.9 Å². The molecule has 0 fully saturated rings. The average Bonchev–Trinajstić information content (AvgIpc) is 2.66. The van der Waals surface area contributed by atoms with Gasteiger partial charge in [0.25, 0.3) is 0 Å². The topological polar surface area (TPSA) is 90.5 Å². The second-order valence-corrected chi connectivity index (χ2v) is 6.26. The Balaban J connectivity index is 1.80. The van der Waals surface area contributed by atoms with Gasteiger partial charge in [0.15, 0.2) is 0 Å². The zero-order valence-corrected chi connectivity index (χ0v) is 14.9. The van der Waals surface area contributed by atoms with E-state index in [0.29, 0.717) is 10.5 Å². The van der Waals surface area contributed by atoms with E-state index in [9.17, 15) is 22.8 Å². The second-order valence-electron chi connectivity index (χ2n) is 5.21. The van der Waals surface area contributed by atoms with Crippen LogP contribution in [0.4, 0.5) is 28.4 Å². The van der Waals surface area contributed by atoms with Gasteiger partial charge in [-0.05, 0) is 60.3 Å². The zero-order chi connectivity index (χ0) is 20.6. The molecule has 0 aromatic heterocycles. The van der Waals surface area contributed by atoms with Gasteiger partial charge in [0.1, 0.15) is 0 Å². The van der Waals surface area contributed by atoms with Crippen molar-refractivity contribution in [1.82, 2.24) is 10.8 Å². The Kier molecular flexibility index (Phi) is 7.31. The lowest BCUT2D eigenvalue weighted by Crippen LogP contribution is -2.28. The zero-order valence-electron chi connectivity index (χ0n) is 14.1. The van der Waals surface area contributed by atoms with Gasteiger partial charge in [-0.25, -0.2) is 10.3 Å². The van der Waals surface area contributed by atoms with Crippen LogP contribution < -0.4 is 16.1 Å². The molecule has 0 spiro atoms. The Hall–Kier alpha value is -3.16. The molecule has 0 aliphatic carbocycles. The molecule has 0 bridgehead atoms. The lowest BCUT2D eigenvalue weighted by Gasteiger charge is -2.08. The standard InChI is InChI=1S/C18H14F3N3O3S/c19-18(20,21)13-5-7-14(8-6-13)23-16(25)22-11-1-2-12-3-9-15(10-4-12)28-17(26)24-27/h3-10,27H,11H2,(H,24,26)(H2,22,23,25). The number of urea groups is 1. The molecular weight excluding hydrogens is 395 g/mol. The van der Waals surface area contributed by atoms with Crippen LogP contribution in [-0.4, -0.2) is 23.0 Å². The minimum Gasteiger partial charge on any atom is -0.327 e. The molecule has 0 heterocycles. The van der Waals surface area contributed by atoms with E-state index in [0.717, 1.165) is 36.0 Å². The van der Waals surface area contributed by atoms with Crippen LogP contribution in [0.2, 0.25) is 0 Å². The number of thioether (sulfide) groups is 1. The van der Waals surface area contributed by atoms with Crippen molar-refractivity contribution < 1.29 is 28.0 Å². The van der Waals surface area contributed by atoms with Crippen molar-refractivity contribution in [3.8, 4) is 11.8 Å². The molecule has 2 rings (SSSR count). The van der Waals surface area contributed by atoms with Gasteiger partial charge in [-0.1, -0.05) is 11.8 Å². The number of carbonyl (C=O) groups excluding carboxylic acids is 2. The van der Waals surface area contributed by atoms with E-state index in [1.54, 1.807) is 24.3 Å². The number of benzene rings is 2. The molecule has 146 valence electrons. The molecule has 10 heteroatoms. The van der Waals surface area contributed by atoms with Gasteiger partial charge in [0.05, 0.1) is 12.1 Å². The maximum Gasteiger partial charge on any atom is 0.416 e. The second kappa shape index (κ2) is 9.68. The van der Waals surface area contributed by atoms with Crippen molar-refractivity contribution in [3.63, 3.8) is 0 Å². The highest BCUT2D eigenvalue weighted by Crippen LogP contribution is 2.29. The van der Waals surface area contributed by atoms with E-state index in [1.807, 2.05) is 0 Å². The van der Waals surface area contributed by atoms with Crippen LogP contribution in [0.25, 0.3) is 0 Å². The number of rotatable bonds is 3. The maximum atomic E-state index is 12.5. The van der Waals surface area contributed by atoms with Crippen molar-refractivity contribution in [3.05, 3.63) is 59.7 Å². The molecule has 0 radical (unpaired) electrons. The van der Waals surface area contributed by atoms with Gasteiger partial charge >= 0.3 is 17.4 Å². The van der Waals surface area contributed by atoms with Crippen LogP contribution in [-0.2, 0) is 6.18 Å². The molecule has 3 amide bonds.